The van der Waals surface area contributed by atoms with Gasteiger partial charge in [0.2, 0.25) is 11.8 Å². The third-order valence-corrected chi connectivity index (χ3v) is 4.88. The second kappa shape index (κ2) is 9.42. The maximum atomic E-state index is 11.7. The van der Waals surface area contributed by atoms with Crippen LogP contribution in [0.5, 0.6) is 0 Å². The molecule has 2 heterocycles. The zero-order valence-electron chi connectivity index (χ0n) is 14.4. The van der Waals surface area contributed by atoms with E-state index in [0.29, 0.717) is 44.2 Å². The van der Waals surface area contributed by atoms with Gasteiger partial charge < -0.3 is 10.6 Å². The summed E-state index contributed by atoms with van der Waals surface area (Å²) in [4.78, 5) is 30.4. The van der Waals surface area contributed by atoms with Crippen molar-refractivity contribution < 1.29 is 9.59 Å². The predicted octanol–water partition coefficient (Wildman–Crippen LogP) is 1.63. The Morgan fingerprint density at radius 1 is 1.33 bits per heavy atom. The van der Waals surface area contributed by atoms with Gasteiger partial charge in [0.25, 0.3) is 0 Å². The molecule has 1 aliphatic rings. The molecule has 0 spiro atoms. The Morgan fingerprint density at radius 3 is 2.71 bits per heavy atom. The average Bonchev–Trinajstić information content (AvgIpc) is 3.06. The Hall–Kier alpha value is -1.89. The maximum Gasteiger partial charge on any atom is 0.229 e. The topological polar surface area (TPSA) is 73.8 Å². The first-order valence-corrected chi connectivity index (χ1v) is 9.28. The lowest BCUT2D eigenvalue weighted by molar-refractivity contribution is -0.147. The largest absolute Gasteiger partial charge is 0.356 e. The minimum atomic E-state index is -0.0689. The van der Waals surface area contributed by atoms with Crippen molar-refractivity contribution in [1.82, 2.24) is 15.5 Å². The molecule has 2 rings (SSSR count). The third kappa shape index (κ3) is 5.63. The van der Waals surface area contributed by atoms with Crippen molar-refractivity contribution in [1.29, 1.82) is 0 Å². The molecule has 0 aliphatic carbocycles. The molecule has 1 aromatic rings. The molecule has 7 heteroatoms. The van der Waals surface area contributed by atoms with Gasteiger partial charge >= 0.3 is 0 Å². The maximum absolute atomic E-state index is 11.7. The van der Waals surface area contributed by atoms with Crippen LogP contribution < -0.4 is 10.6 Å². The number of carbonyl (C=O) groups is 2. The van der Waals surface area contributed by atoms with Crippen LogP contribution in [0.15, 0.2) is 22.5 Å². The van der Waals surface area contributed by atoms with Gasteiger partial charge in [-0.2, -0.15) is 0 Å². The normalized spacial score (nSPS) is 17.1. The second-order valence-corrected chi connectivity index (χ2v) is 7.09. The number of nitrogens with one attached hydrogen (secondary N) is 2. The number of guanidine groups is 1. The molecule has 0 radical (unpaired) electrons. The van der Waals surface area contributed by atoms with Crippen molar-refractivity contribution in [2.45, 2.75) is 32.6 Å². The van der Waals surface area contributed by atoms with E-state index in [0.717, 1.165) is 13.0 Å². The molecule has 1 fully saturated rings. The predicted molar refractivity (Wildman–Crippen MR) is 97.1 cm³/mol. The van der Waals surface area contributed by atoms with E-state index in [4.69, 9.17) is 0 Å². The SMILES string of the molecule is CN=C(NCCN1C(=O)CCCC1=O)NCC(C)Cc1cccs1. The van der Waals surface area contributed by atoms with Gasteiger partial charge in [0, 0.05) is 44.4 Å². The van der Waals surface area contributed by atoms with E-state index >= 15 is 0 Å². The summed E-state index contributed by atoms with van der Waals surface area (Å²) in [5.74, 6) is 1.05. The summed E-state index contributed by atoms with van der Waals surface area (Å²) >= 11 is 1.78. The van der Waals surface area contributed by atoms with Gasteiger partial charge in [-0.3, -0.25) is 19.5 Å². The number of nitrogens with zero attached hydrogens (tertiary/aromatic N) is 2. The van der Waals surface area contributed by atoms with Crippen LogP contribution >= 0.6 is 11.3 Å². The Kier molecular flexibility index (Phi) is 7.24. The molecule has 132 valence electrons. The Morgan fingerprint density at radius 2 is 2.08 bits per heavy atom. The van der Waals surface area contributed by atoms with Crippen LogP contribution in [0.2, 0.25) is 0 Å². The molecule has 2 amide bonds. The summed E-state index contributed by atoms with van der Waals surface area (Å²) < 4.78 is 0. The fourth-order valence-electron chi connectivity index (χ4n) is 2.67. The number of likely N-dealkylation sites (tertiary alicyclic amines) is 1. The van der Waals surface area contributed by atoms with Crippen molar-refractivity contribution in [3.05, 3.63) is 22.4 Å². The van der Waals surface area contributed by atoms with Gasteiger partial charge in [-0.1, -0.05) is 13.0 Å². The highest BCUT2D eigenvalue weighted by Gasteiger charge is 2.25. The van der Waals surface area contributed by atoms with Crippen LogP contribution in [-0.4, -0.2) is 49.4 Å². The summed E-state index contributed by atoms with van der Waals surface area (Å²) in [5, 5.41) is 8.56. The van der Waals surface area contributed by atoms with Crippen LogP contribution in [0.1, 0.15) is 31.1 Å². The fraction of sp³-hybridized carbons (Fsp3) is 0.588. The summed E-state index contributed by atoms with van der Waals surface area (Å²) in [6.07, 6.45) is 2.66. The molecule has 6 nitrogen and oxygen atoms in total. The first-order chi connectivity index (χ1) is 11.6. The first-order valence-electron chi connectivity index (χ1n) is 8.40. The Bertz CT molecular complexity index is 555. The van der Waals surface area contributed by atoms with Crippen LogP contribution in [0, 0.1) is 5.92 Å². The van der Waals surface area contributed by atoms with E-state index in [2.05, 4.69) is 40.1 Å². The molecule has 0 aromatic carbocycles. The molecule has 1 saturated heterocycles. The zero-order valence-corrected chi connectivity index (χ0v) is 15.2. The number of rotatable bonds is 7. The molecule has 0 bridgehead atoms. The van der Waals surface area contributed by atoms with E-state index in [1.165, 1.54) is 9.78 Å². The number of hydrogen-bond donors (Lipinski definition) is 2. The number of hydrogen-bond acceptors (Lipinski definition) is 4. The number of imide groups is 1. The molecule has 2 N–H and O–H groups in total. The van der Waals surface area contributed by atoms with Crippen LogP contribution in [0.25, 0.3) is 0 Å². The minimum Gasteiger partial charge on any atom is -0.356 e. The summed E-state index contributed by atoms with van der Waals surface area (Å²) in [6, 6.07) is 4.23. The van der Waals surface area contributed by atoms with Crippen LogP contribution in [-0.2, 0) is 16.0 Å². The smallest absolute Gasteiger partial charge is 0.229 e. The van der Waals surface area contributed by atoms with E-state index in [-0.39, 0.29) is 11.8 Å². The third-order valence-electron chi connectivity index (χ3n) is 3.98. The fourth-order valence-corrected chi connectivity index (χ4v) is 3.54. The second-order valence-electron chi connectivity index (χ2n) is 6.06. The van der Waals surface area contributed by atoms with Crippen molar-refractivity contribution in [3.8, 4) is 0 Å². The standard InChI is InChI=1S/C17H26N4O2S/c1-13(11-14-5-4-10-24-14)12-20-17(18-2)19-8-9-21-15(22)6-3-7-16(21)23/h4-5,10,13H,3,6-9,11-12H2,1-2H3,(H2,18,19,20). The highest BCUT2D eigenvalue weighted by Crippen LogP contribution is 2.14. The van der Waals surface area contributed by atoms with Gasteiger partial charge in [0.1, 0.15) is 0 Å². The molecular weight excluding hydrogens is 324 g/mol. The zero-order chi connectivity index (χ0) is 17.4. The summed E-state index contributed by atoms with van der Waals surface area (Å²) in [6.45, 7) is 3.92. The molecule has 1 atom stereocenters. The van der Waals surface area contributed by atoms with Crippen LogP contribution in [0.3, 0.4) is 0 Å². The number of aliphatic imine (C=N–C) groups is 1. The summed E-state index contributed by atoms with van der Waals surface area (Å²) in [7, 11) is 1.72. The Labute approximate surface area is 147 Å². The molecule has 1 unspecified atom stereocenters. The lowest BCUT2D eigenvalue weighted by atomic mass is 10.1. The van der Waals surface area contributed by atoms with Gasteiger partial charge in [-0.25, -0.2) is 0 Å². The minimum absolute atomic E-state index is 0.0689. The van der Waals surface area contributed by atoms with Crippen molar-refractivity contribution in [2.75, 3.05) is 26.7 Å². The molecule has 24 heavy (non-hydrogen) atoms. The van der Waals surface area contributed by atoms with E-state index in [9.17, 15) is 9.59 Å². The Balaban J connectivity index is 1.68. The van der Waals surface area contributed by atoms with Crippen molar-refractivity contribution in [2.24, 2.45) is 10.9 Å². The van der Waals surface area contributed by atoms with E-state index in [1.807, 2.05) is 0 Å². The lowest BCUT2D eigenvalue weighted by Gasteiger charge is -2.25. The van der Waals surface area contributed by atoms with Gasteiger partial charge in [0.05, 0.1) is 0 Å². The highest BCUT2D eigenvalue weighted by molar-refractivity contribution is 7.09. The number of amides is 2. The first kappa shape index (κ1) is 18.4. The van der Waals surface area contributed by atoms with Gasteiger partial charge in [-0.15, -0.1) is 11.3 Å². The van der Waals surface area contributed by atoms with E-state index < -0.39 is 0 Å². The number of carbonyl (C=O) groups excluding carboxylic acids is 2. The summed E-state index contributed by atoms with van der Waals surface area (Å²) in [5.41, 5.74) is 0. The van der Waals surface area contributed by atoms with Gasteiger partial charge in [-0.05, 0) is 30.2 Å². The highest BCUT2D eigenvalue weighted by atomic mass is 32.1. The number of piperidine rings is 1. The van der Waals surface area contributed by atoms with E-state index in [1.54, 1.807) is 18.4 Å². The van der Waals surface area contributed by atoms with Crippen LogP contribution in [0.4, 0.5) is 0 Å². The van der Waals surface area contributed by atoms with Gasteiger partial charge in [0.15, 0.2) is 5.96 Å². The molecular formula is C17H26N4O2S. The monoisotopic (exact) mass is 350 g/mol. The quantitative estimate of drug-likeness (QED) is 0.445. The molecule has 1 aromatic heterocycles. The number of thiophene rings is 1. The van der Waals surface area contributed by atoms with Crippen molar-refractivity contribution in [3.63, 3.8) is 0 Å². The molecule has 0 saturated carbocycles. The lowest BCUT2D eigenvalue weighted by Crippen LogP contribution is -2.47. The average molecular weight is 350 g/mol. The molecule has 1 aliphatic heterocycles. The van der Waals surface area contributed by atoms with Crippen molar-refractivity contribution >= 4 is 29.1 Å².